The molecule has 1 aliphatic rings. The Hall–Kier alpha value is -1.47. The molecular formula is C17H18N2O2S2. The number of nitrogens with zero attached hydrogens (tertiary/aromatic N) is 2. The van der Waals surface area contributed by atoms with Crippen LogP contribution in [0.15, 0.2) is 63.5 Å². The van der Waals surface area contributed by atoms with Crippen LogP contribution in [0, 0.1) is 0 Å². The molecule has 23 heavy (non-hydrogen) atoms. The van der Waals surface area contributed by atoms with E-state index in [-0.39, 0.29) is 12.1 Å². The summed E-state index contributed by atoms with van der Waals surface area (Å²) in [5.41, 5.74) is 2.54. The van der Waals surface area contributed by atoms with E-state index in [4.69, 9.17) is 0 Å². The van der Waals surface area contributed by atoms with Crippen molar-refractivity contribution in [3.05, 3.63) is 59.7 Å². The minimum absolute atomic E-state index is 0.282. The molecule has 2 aromatic rings. The molecule has 0 radical (unpaired) electrons. The van der Waals surface area contributed by atoms with Crippen molar-refractivity contribution in [2.75, 3.05) is 0 Å². The van der Waals surface area contributed by atoms with E-state index in [0.29, 0.717) is 18.6 Å². The van der Waals surface area contributed by atoms with E-state index in [9.17, 15) is 10.4 Å². The summed E-state index contributed by atoms with van der Waals surface area (Å²) < 4.78 is 0. The number of hydrogen-bond donors (Lipinski definition) is 4. The summed E-state index contributed by atoms with van der Waals surface area (Å²) in [5, 5.41) is 24.8. The topological polar surface area (TPSA) is 56.1 Å². The number of thiol groups is 2. The van der Waals surface area contributed by atoms with E-state index >= 15 is 0 Å². The fourth-order valence-electron chi connectivity index (χ4n) is 3.02. The third kappa shape index (κ3) is 3.55. The van der Waals surface area contributed by atoms with E-state index < -0.39 is 0 Å². The van der Waals surface area contributed by atoms with Crippen molar-refractivity contribution in [2.24, 2.45) is 5.16 Å². The Morgan fingerprint density at radius 2 is 1.39 bits per heavy atom. The zero-order valence-corrected chi connectivity index (χ0v) is 14.2. The SMILES string of the molecule is ON=C1C[C@H](c2cccc(S)c2)N(O)[C@@H](c2cccc(S)c2)C1. The molecule has 2 atom stereocenters. The van der Waals surface area contributed by atoms with Crippen LogP contribution >= 0.6 is 25.3 Å². The number of hydroxylamine groups is 2. The summed E-state index contributed by atoms with van der Waals surface area (Å²) in [4.78, 5) is 1.66. The largest absolute Gasteiger partial charge is 0.411 e. The Balaban J connectivity index is 1.98. The van der Waals surface area contributed by atoms with Crippen LogP contribution in [-0.2, 0) is 0 Å². The van der Waals surface area contributed by atoms with Gasteiger partial charge >= 0.3 is 0 Å². The highest BCUT2D eigenvalue weighted by Crippen LogP contribution is 2.39. The molecule has 4 nitrogen and oxygen atoms in total. The van der Waals surface area contributed by atoms with Gasteiger partial charge in [-0.25, -0.2) is 0 Å². The maximum Gasteiger partial charge on any atom is 0.0660 e. The van der Waals surface area contributed by atoms with Gasteiger partial charge < -0.3 is 10.4 Å². The van der Waals surface area contributed by atoms with Crippen LogP contribution in [0.1, 0.15) is 36.1 Å². The molecule has 0 spiro atoms. The summed E-state index contributed by atoms with van der Waals surface area (Å²) in [6.45, 7) is 0. The van der Waals surface area contributed by atoms with Gasteiger partial charge in [0.25, 0.3) is 0 Å². The number of rotatable bonds is 2. The Bertz CT molecular complexity index is 679. The lowest BCUT2D eigenvalue weighted by molar-refractivity contribution is -0.167. The van der Waals surface area contributed by atoms with E-state index in [1.165, 1.54) is 5.06 Å². The van der Waals surface area contributed by atoms with Crippen LogP contribution in [0.5, 0.6) is 0 Å². The average Bonchev–Trinajstić information content (AvgIpc) is 2.55. The molecule has 0 amide bonds. The zero-order valence-electron chi connectivity index (χ0n) is 12.4. The van der Waals surface area contributed by atoms with Crippen LogP contribution in [-0.4, -0.2) is 21.2 Å². The number of hydrogen-bond acceptors (Lipinski definition) is 6. The predicted molar refractivity (Wildman–Crippen MR) is 95.0 cm³/mol. The first-order valence-electron chi connectivity index (χ1n) is 7.33. The average molecular weight is 346 g/mol. The van der Waals surface area contributed by atoms with Gasteiger partial charge in [-0.1, -0.05) is 29.4 Å². The highest BCUT2D eigenvalue weighted by Gasteiger charge is 2.35. The molecule has 0 aromatic heterocycles. The van der Waals surface area contributed by atoms with Crippen molar-refractivity contribution in [2.45, 2.75) is 34.7 Å². The van der Waals surface area contributed by atoms with Crippen LogP contribution in [0.2, 0.25) is 0 Å². The van der Waals surface area contributed by atoms with Gasteiger partial charge in [-0.3, -0.25) is 0 Å². The molecule has 1 saturated heterocycles. The van der Waals surface area contributed by atoms with E-state index in [1.807, 2.05) is 48.5 Å². The molecule has 120 valence electrons. The van der Waals surface area contributed by atoms with Crippen molar-refractivity contribution in [3.63, 3.8) is 0 Å². The second-order valence-electron chi connectivity index (χ2n) is 5.68. The standard InChI is InChI=1S/C17H18N2O2S2/c20-18-13-9-16(11-3-1-5-14(22)7-11)19(21)17(10-13)12-4-2-6-15(23)8-12/h1-8,16-17,20-23H,9-10H2/t16-,17-/m1/s1. The lowest BCUT2D eigenvalue weighted by Gasteiger charge is -2.38. The third-order valence-corrected chi connectivity index (χ3v) is 4.70. The van der Waals surface area contributed by atoms with Crippen molar-refractivity contribution < 1.29 is 10.4 Å². The smallest absolute Gasteiger partial charge is 0.0660 e. The van der Waals surface area contributed by atoms with Crippen molar-refractivity contribution in [1.29, 1.82) is 0 Å². The van der Waals surface area contributed by atoms with Crippen molar-refractivity contribution >= 4 is 31.0 Å². The van der Waals surface area contributed by atoms with Gasteiger partial charge in [0.05, 0.1) is 17.8 Å². The normalized spacial score (nSPS) is 22.1. The maximum absolute atomic E-state index is 10.8. The maximum atomic E-state index is 10.8. The Kier molecular flexibility index (Phi) is 4.96. The zero-order chi connectivity index (χ0) is 16.4. The van der Waals surface area contributed by atoms with Gasteiger partial charge in [-0.2, -0.15) is 5.06 Å². The highest BCUT2D eigenvalue weighted by atomic mass is 32.1. The molecule has 2 aromatic carbocycles. The number of piperidine rings is 1. The Labute approximate surface area is 146 Å². The minimum Gasteiger partial charge on any atom is -0.411 e. The quantitative estimate of drug-likeness (QED) is 0.371. The van der Waals surface area contributed by atoms with Crippen molar-refractivity contribution in [3.8, 4) is 0 Å². The number of oxime groups is 1. The highest BCUT2D eigenvalue weighted by molar-refractivity contribution is 7.80. The summed E-state index contributed by atoms with van der Waals surface area (Å²) in [6.07, 6.45) is 0.947. The summed E-state index contributed by atoms with van der Waals surface area (Å²) in [5.74, 6) is 0. The van der Waals surface area contributed by atoms with E-state index in [1.54, 1.807) is 0 Å². The fourth-order valence-corrected chi connectivity index (χ4v) is 3.49. The molecule has 1 aliphatic heterocycles. The molecule has 6 heteroatoms. The monoisotopic (exact) mass is 346 g/mol. The minimum atomic E-state index is -0.282. The van der Waals surface area contributed by atoms with Gasteiger partial charge in [-0.05, 0) is 35.4 Å². The molecule has 3 rings (SSSR count). The lowest BCUT2D eigenvalue weighted by atomic mass is 9.88. The molecule has 1 heterocycles. The third-order valence-electron chi connectivity index (χ3n) is 4.15. The molecule has 0 unspecified atom stereocenters. The molecule has 0 saturated carbocycles. The van der Waals surface area contributed by atoms with Gasteiger partial charge in [-0.15, -0.1) is 25.3 Å². The summed E-state index contributed by atoms with van der Waals surface area (Å²) >= 11 is 8.73. The summed E-state index contributed by atoms with van der Waals surface area (Å²) in [6, 6.07) is 14.7. The number of benzene rings is 2. The first-order valence-corrected chi connectivity index (χ1v) is 8.23. The van der Waals surface area contributed by atoms with Crippen LogP contribution in [0.25, 0.3) is 0 Å². The second-order valence-corrected chi connectivity index (χ2v) is 6.71. The second kappa shape index (κ2) is 6.97. The van der Waals surface area contributed by atoms with Crippen LogP contribution in [0.3, 0.4) is 0 Å². The van der Waals surface area contributed by atoms with Crippen LogP contribution < -0.4 is 0 Å². The van der Waals surface area contributed by atoms with Crippen LogP contribution in [0.4, 0.5) is 0 Å². The first kappa shape index (κ1) is 16.4. The van der Waals surface area contributed by atoms with E-state index in [0.717, 1.165) is 20.9 Å². The van der Waals surface area contributed by atoms with Gasteiger partial charge in [0, 0.05) is 22.6 Å². The Morgan fingerprint density at radius 1 is 0.913 bits per heavy atom. The van der Waals surface area contributed by atoms with E-state index in [2.05, 4.69) is 30.4 Å². The van der Waals surface area contributed by atoms with Gasteiger partial charge in [0.2, 0.25) is 0 Å². The predicted octanol–water partition coefficient (Wildman–Crippen LogP) is 4.36. The lowest BCUT2D eigenvalue weighted by Crippen LogP contribution is -2.37. The fraction of sp³-hybridized carbons (Fsp3) is 0.235. The van der Waals surface area contributed by atoms with Crippen molar-refractivity contribution in [1.82, 2.24) is 5.06 Å². The first-order chi connectivity index (χ1) is 11.1. The molecule has 2 N–H and O–H groups in total. The molecular weight excluding hydrogens is 328 g/mol. The summed E-state index contributed by atoms with van der Waals surface area (Å²) in [7, 11) is 0. The molecule has 0 aliphatic carbocycles. The van der Waals surface area contributed by atoms with Gasteiger partial charge in [0.1, 0.15) is 0 Å². The molecule has 1 fully saturated rings. The Morgan fingerprint density at radius 3 is 1.78 bits per heavy atom. The van der Waals surface area contributed by atoms with Gasteiger partial charge in [0.15, 0.2) is 0 Å². The molecule has 0 bridgehead atoms.